The molecule has 2 rings (SSSR count). The summed E-state index contributed by atoms with van der Waals surface area (Å²) in [5, 5.41) is 0. The number of unbranched alkanes of at least 4 members (excludes halogenated alkanes) is 2. The standard InChI is InChI=1S/C18H28O4/c1-3-5-6-7-17-12-22-18(14-21-17)13-20-16-10-8-15(9-11-16)19-4-2/h8-11,17-18H,3-7,12-14H2,1-2H3/t17-,18+/m1/s1. The average molecular weight is 308 g/mol. The molecule has 1 aliphatic rings. The van der Waals surface area contributed by atoms with Gasteiger partial charge in [0.1, 0.15) is 24.2 Å². The van der Waals surface area contributed by atoms with Crippen molar-refractivity contribution in [2.24, 2.45) is 0 Å². The number of rotatable bonds is 9. The predicted molar refractivity (Wildman–Crippen MR) is 86.7 cm³/mol. The minimum atomic E-state index is 0.0222. The maximum atomic E-state index is 5.85. The van der Waals surface area contributed by atoms with Gasteiger partial charge in [0.25, 0.3) is 0 Å². The molecule has 1 saturated heterocycles. The van der Waals surface area contributed by atoms with Crippen molar-refractivity contribution in [2.45, 2.75) is 51.7 Å². The van der Waals surface area contributed by atoms with Crippen LogP contribution in [0.1, 0.15) is 39.5 Å². The van der Waals surface area contributed by atoms with E-state index in [0.717, 1.165) is 17.9 Å². The summed E-state index contributed by atoms with van der Waals surface area (Å²) in [4.78, 5) is 0. The smallest absolute Gasteiger partial charge is 0.119 e. The Kier molecular flexibility index (Phi) is 7.54. The second-order valence-corrected chi connectivity index (χ2v) is 5.62. The number of hydrogen-bond acceptors (Lipinski definition) is 4. The fourth-order valence-corrected chi connectivity index (χ4v) is 2.46. The molecule has 0 bridgehead atoms. The lowest BCUT2D eigenvalue weighted by molar-refractivity contribution is -0.144. The van der Waals surface area contributed by atoms with Crippen molar-refractivity contribution in [3.63, 3.8) is 0 Å². The molecule has 4 heteroatoms. The normalized spacial score (nSPS) is 21.5. The molecule has 124 valence electrons. The highest BCUT2D eigenvalue weighted by molar-refractivity contribution is 5.31. The Morgan fingerprint density at radius 1 is 0.909 bits per heavy atom. The zero-order valence-electron chi connectivity index (χ0n) is 13.8. The summed E-state index contributed by atoms with van der Waals surface area (Å²) in [5.74, 6) is 1.69. The Bertz CT molecular complexity index is 396. The summed E-state index contributed by atoms with van der Waals surface area (Å²) in [7, 11) is 0. The monoisotopic (exact) mass is 308 g/mol. The molecule has 0 aliphatic carbocycles. The van der Waals surface area contributed by atoms with Crippen molar-refractivity contribution < 1.29 is 18.9 Å². The third kappa shape index (κ3) is 5.85. The minimum absolute atomic E-state index is 0.0222. The van der Waals surface area contributed by atoms with Gasteiger partial charge in [-0.2, -0.15) is 0 Å². The van der Waals surface area contributed by atoms with Crippen molar-refractivity contribution >= 4 is 0 Å². The molecule has 1 aromatic carbocycles. The van der Waals surface area contributed by atoms with Crippen molar-refractivity contribution in [1.29, 1.82) is 0 Å². The summed E-state index contributed by atoms with van der Waals surface area (Å²) < 4.78 is 22.8. The van der Waals surface area contributed by atoms with Crippen molar-refractivity contribution in [3.8, 4) is 11.5 Å². The van der Waals surface area contributed by atoms with Gasteiger partial charge < -0.3 is 18.9 Å². The van der Waals surface area contributed by atoms with Crippen molar-refractivity contribution in [3.05, 3.63) is 24.3 Å². The highest BCUT2D eigenvalue weighted by Crippen LogP contribution is 2.19. The van der Waals surface area contributed by atoms with Gasteiger partial charge in [-0.05, 0) is 37.6 Å². The Morgan fingerprint density at radius 2 is 1.55 bits per heavy atom. The zero-order valence-corrected chi connectivity index (χ0v) is 13.8. The van der Waals surface area contributed by atoms with Gasteiger partial charge in [-0.15, -0.1) is 0 Å². The van der Waals surface area contributed by atoms with Crippen LogP contribution in [0.2, 0.25) is 0 Å². The molecule has 1 heterocycles. The van der Waals surface area contributed by atoms with Gasteiger partial charge in [-0.1, -0.05) is 26.2 Å². The maximum absolute atomic E-state index is 5.85. The van der Waals surface area contributed by atoms with Gasteiger partial charge >= 0.3 is 0 Å². The van der Waals surface area contributed by atoms with Crippen LogP contribution in [-0.4, -0.2) is 38.6 Å². The lowest BCUT2D eigenvalue weighted by atomic mass is 10.1. The summed E-state index contributed by atoms with van der Waals surface area (Å²) >= 11 is 0. The first kappa shape index (κ1) is 17.1. The van der Waals surface area contributed by atoms with Crippen LogP contribution in [0.4, 0.5) is 0 Å². The average Bonchev–Trinajstić information content (AvgIpc) is 2.56. The van der Waals surface area contributed by atoms with Gasteiger partial charge in [0, 0.05) is 0 Å². The van der Waals surface area contributed by atoms with Crippen LogP contribution in [0.25, 0.3) is 0 Å². The molecular formula is C18H28O4. The van der Waals surface area contributed by atoms with E-state index in [1.54, 1.807) is 0 Å². The fourth-order valence-electron chi connectivity index (χ4n) is 2.46. The maximum Gasteiger partial charge on any atom is 0.119 e. The molecular weight excluding hydrogens is 280 g/mol. The largest absolute Gasteiger partial charge is 0.494 e. The molecule has 4 nitrogen and oxygen atoms in total. The zero-order chi connectivity index (χ0) is 15.6. The van der Waals surface area contributed by atoms with Crippen LogP contribution in [0.5, 0.6) is 11.5 Å². The first-order valence-electron chi connectivity index (χ1n) is 8.40. The molecule has 1 aliphatic heterocycles. The second kappa shape index (κ2) is 9.70. The third-order valence-corrected chi connectivity index (χ3v) is 3.74. The van der Waals surface area contributed by atoms with E-state index >= 15 is 0 Å². The van der Waals surface area contributed by atoms with E-state index in [1.807, 2.05) is 31.2 Å². The molecule has 22 heavy (non-hydrogen) atoms. The second-order valence-electron chi connectivity index (χ2n) is 5.62. The van der Waals surface area contributed by atoms with Gasteiger partial charge in [0.15, 0.2) is 0 Å². The number of ether oxygens (including phenoxy) is 4. The SMILES string of the molecule is CCCCC[C@@H]1CO[C@@H](COc2ccc(OCC)cc2)CO1. The highest BCUT2D eigenvalue weighted by Gasteiger charge is 2.22. The molecule has 0 saturated carbocycles. The summed E-state index contributed by atoms with van der Waals surface area (Å²) in [6, 6.07) is 7.67. The first-order chi connectivity index (χ1) is 10.8. The van der Waals surface area contributed by atoms with Crippen molar-refractivity contribution in [1.82, 2.24) is 0 Å². The topological polar surface area (TPSA) is 36.9 Å². The quantitative estimate of drug-likeness (QED) is 0.650. The highest BCUT2D eigenvalue weighted by atomic mass is 16.6. The Balaban J connectivity index is 1.64. The van der Waals surface area contributed by atoms with E-state index in [2.05, 4.69) is 6.92 Å². The van der Waals surface area contributed by atoms with Crippen LogP contribution in [0, 0.1) is 0 Å². The Labute approximate surface area is 133 Å². The van der Waals surface area contributed by atoms with Crippen LogP contribution in [-0.2, 0) is 9.47 Å². The van der Waals surface area contributed by atoms with Gasteiger partial charge in [-0.3, -0.25) is 0 Å². The fraction of sp³-hybridized carbons (Fsp3) is 0.667. The molecule has 0 spiro atoms. The predicted octanol–water partition coefficient (Wildman–Crippen LogP) is 3.83. The molecule has 0 aromatic heterocycles. The minimum Gasteiger partial charge on any atom is -0.494 e. The van der Waals surface area contributed by atoms with Crippen LogP contribution >= 0.6 is 0 Å². The van der Waals surface area contributed by atoms with Gasteiger partial charge in [0.2, 0.25) is 0 Å². The van der Waals surface area contributed by atoms with E-state index < -0.39 is 0 Å². The molecule has 2 atom stereocenters. The lowest BCUT2D eigenvalue weighted by Gasteiger charge is -2.29. The van der Waals surface area contributed by atoms with Gasteiger partial charge in [0.05, 0.1) is 25.9 Å². The molecule has 0 amide bonds. The van der Waals surface area contributed by atoms with E-state index in [-0.39, 0.29) is 12.2 Å². The summed E-state index contributed by atoms with van der Waals surface area (Å²) in [6.45, 7) is 6.68. The van der Waals surface area contributed by atoms with E-state index in [1.165, 1.54) is 19.3 Å². The van der Waals surface area contributed by atoms with E-state index in [9.17, 15) is 0 Å². The van der Waals surface area contributed by atoms with Crippen molar-refractivity contribution in [2.75, 3.05) is 26.4 Å². The van der Waals surface area contributed by atoms with E-state index in [4.69, 9.17) is 18.9 Å². The molecule has 1 fully saturated rings. The first-order valence-corrected chi connectivity index (χ1v) is 8.40. The Morgan fingerprint density at radius 3 is 2.14 bits per heavy atom. The lowest BCUT2D eigenvalue weighted by Crippen LogP contribution is -2.38. The third-order valence-electron chi connectivity index (χ3n) is 3.74. The van der Waals surface area contributed by atoms with Crippen LogP contribution in [0.15, 0.2) is 24.3 Å². The Hall–Kier alpha value is -1.26. The summed E-state index contributed by atoms with van der Waals surface area (Å²) in [6.07, 6.45) is 5.11. The molecule has 1 aromatic rings. The molecule has 0 N–H and O–H groups in total. The van der Waals surface area contributed by atoms with Crippen LogP contribution in [0.3, 0.4) is 0 Å². The molecule has 0 radical (unpaired) electrons. The van der Waals surface area contributed by atoms with Crippen LogP contribution < -0.4 is 9.47 Å². The molecule has 0 unspecified atom stereocenters. The summed E-state index contributed by atoms with van der Waals surface area (Å²) in [5.41, 5.74) is 0. The number of hydrogen-bond donors (Lipinski definition) is 0. The van der Waals surface area contributed by atoms with E-state index in [0.29, 0.717) is 26.4 Å². The van der Waals surface area contributed by atoms with Gasteiger partial charge in [-0.25, -0.2) is 0 Å². The number of benzene rings is 1.